The van der Waals surface area contributed by atoms with Gasteiger partial charge in [-0.2, -0.15) is 5.10 Å². The van der Waals surface area contributed by atoms with E-state index in [1.165, 1.54) is 6.07 Å². The van der Waals surface area contributed by atoms with E-state index in [9.17, 15) is 22.8 Å². The molecule has 2 amide bonds. The summed E-state index contributed by atoms with van der Waals surface area (Å²) in [7, 11) is 1.84. The van der Waals surface area contributed by atoms with Gasteiger partial charge >= 0.3 is 6.09 Å². The van der Waals surface area contributed by atoms with E-state index < -0.39 is 42.4 Å². The maximum absolute atomic E-state index is 14.5. The van der Waals surface area contributed by atoms with Crippen molar-refractivity contribution in [3.63, 3.8) is 0 Å². The summed E-state index contributed by atoms with van der Waals surface area (Å²) in [5.41, 5.74) is 2.60. The van der Waals surface area contributed by atoms with Crippen molar-refractivity contribution >= 4 is 22.9 Å². The van der Waals surface area contributed by atoms with Gasteiger partial charge in [0.15, 0.2) is 0 Å². The van der Waals surface area contributed by atoms with E-state index in [0.29, 0.717) is 17.7 Å². The number of carbonyl (C=O) groups excluding carboxylic acids is 2. The zero-order chi connectivity index (χ0) is 33.3. The van der Waals surface area contributed by atoms with Gasteiger partial charge in [-0.1, -0.05) is 6.07 Å². The topological polar surface area (TPSA) is 88.9 Å². The van der Waals surface area contributed by atoms with Crippen LogP contribution in [0.4, 0.5) is 18.0 Å². The van der Waals surface area contributed by atoms with Crippen molar-refractivity contribution in [1.82, 2.24) is 24.9 Å². The molecule has 5 rings (SSSR count). The van der Waals surface area contributed by atoms with E-state index in [2.05, 4.69) is 21.4 Å². The Morgan fingerprint density at radius 3 is 2.50 bits per heavy atom. The van der Waals surface area contributed by atoms with E-state index in [1.807, 2.05) is 33.9 Å². The van der Waals surface area contributed by atoms with Gasteiger partial charge in [-0.15, -0.1) is 0 Å². The van der Waals surface area contributed by atoms with Gasteiger partial charge in [0.05, 0.1) is 42.6 Å². The molecule has 0 spiro atoms. The Morgan fingerprint density at radius 1 is 1.13 bits per heavy atom. The Kier molecular flexibility index (Phi) is 9.97. The van der Waals surface area contributed by atoms with Crippen molar-refractivity contribution in [2.75, 3.05) is 32.8 Å². The molecule has 2 fully saturated rings. The highest BCUT2D eigenvalue weighted by Gasteiger charge is 2.34. The summed E-state index contributed by atoms with van der Waals surface area (Å²) < 4.78 is 54.5. The summed E-state index contributed by atoms with van der Waals surface area (Å²) in [5.74, 6) is -1.04. The van der Waals surface area contributed by atoms with E-state index in [1.54, 1.807) is 30.8 Å². The fraction of sp³-hybridized carbons (Fsp3) is 0.559. The Labute approximate surface area is 268 Å². The van der Waals surface area contributed by atoms with E-state index in [-0.39, 0.29) is 23.6 Å². The minimum absolute atomic E-state index is 0.0424. The second-order valence-corrected chi connectivity index (χ2v) is 13.7. The lowest BCUT2D eigenvalue weighted by Gasteiger charge is -2.42. The first kappa shape index (κ1) is 33.7. The molecule has 0 aliphatic carbocycles. The van der Waals surface area contributed by atoms with Gasteiger partial charge in [0.1, 0.15) is 11.4 Å². The van der Waals surface area contributed by atoms with Crippen LogP contribution in [0.3, 0.4) is 0 Å². The van der Waals surface area contributed by atoms with Crippen LogP contribution >= 0.6 is 0 Å². The molecule has 9 nitrogen and oxygen atoms in total. The Balaban J connectivity index is 1.30. The Morgan fingerprint density at radius 2 is 1.87 bits per heavy atom. The van der Waals surface area contributed by atoms with Crippen LogP contribution in [0.2, 0.25) is 0 Å². The zero-order valence-electron chi connectivity index (χ0n) is 27.4. The molecular weight excluding hydrogens is 599 g/mol. The number of fused-ring (bicyclic) bond motifs is 1. The molecule has 2 atom stereocenters. The molecule has 250 valence electrons. The number of likely N-dealkylation sites (tertiary alicyclic amines) is 1. The average molecular weight is 644 g/mol. The number of rotatable bonds is 9. The molecule has 2 saturated heterocycles. The normalized spacial score (nSPS) is 19.5. The number of aryl methyl sites for hydroxylation is 1. The summed E-state index contributed by atoms with van der Waals surface area (Å²) in [5, 5.41) is 8.12. The minimum atomic E-state index is -2.72. The maximum Gasteiger partial charge on any atom is 0.407 e. The number of nitrogens with zero attached hydrogens (tertiary/aromatic N) is 4. The van der Waals surface area contributed by atoms with Crippen LogP contribution in [-0.4, -0.2) is 94.6 Å². The summed E-state index contributed by atoms with van der Waals surface area (Å²) >= 11 is 0. The quantitative estimate of drug-likeness (QED) is 0.309. The standard InChI is InChI=1S/C34H44F3N5O4/c1-20(2)42(18-31(36)37)32(43)28-13-23(35)7-10-26(28)27-11-21(12-30-29(27)14-38-40(30)6)22-15-41(16-22)17-25-9-8-24(19-45-25)39-33(44)46-34(3,4)5/h7,10-14,20,22,24-25,31H,8-9,15-19H2,1-6H3,(H,39,44)/t24-,25+/m1/s1. The molecule has 1 aromatic heterocycles. The van der Waals surface area contributed by atoms with Crippen molar-refractivity contribution in [3.8, 4) is 11.1 Å². The molecule has 3 aromatic rings. The fourth-order valence-corrected chi connectivity index (χ4v) is 6.24. The highest BCUT2D eigenvalue weighted by Crippen LogP contribution is 2.38. The SMILES string of the molecule is CC(C)N(CC(F)F)C(=O)c1cc(F)ccc1-c1cc(C2CN(C[C@@H]3CC[C@@H](NC(=O)OC(C)(C)C)CO3)C2)cc2c1cnn2C. The van der Waals surface area contributed by atoms with Crippen LogP contribution in [-0.2, 0) is 16.5 Å². The van der Waals surface area contributed by atoms with Crippen LogP contribution in [0.5, 0.6) is 0 Å². The van der Waals surface area contributed by atoms with E-state index in [4.69, 9.17) is 9.47 Å². The van der Waals surface area contributed by atoms with Gasteiger partial charge in [-0.05, 0) is 88.4 Å². The third-order valence-corrected chi connectivity index (χ3v) is 8.59. The van der Waals surface area contributed by atoms with Crippen molar-refractivity contribution in [2.45, 2.75) is 83.6 Å². The third-order valence-electron chi connectivity index (χ3n) is 8.59. The number of nitrogens with one attached hydrogen (secondary N) is 1. The molecule has 12 heteroatoms. The summed E-state index contributed by atoms with van der Waals surface area (Å²) in [6, 6.07) is 7.52. The van der Waals surface area contributed by atoms with Gasteiger partial charge in [0.2, 0.25) is 0 Å². The number of alkyl halides is 2. The lowest BCUT2D eigenvalue weighted by atomic mass is 9.86. The first-order valence-corrected chi connectivity index (χ1v) is 15.9. The summed E-state index contributed by atoms with van der Waals surface area (Å²) in [4.78, 5) is 29.1. The first-order chi connectivity index (χ1) is 21.7. The molecule has 0 radical (unpaired) electrons. The number of carbonyl (C=O) groups is 2. The average Bonchev–Trinajstić information content (AvgIpc) is 3.32. The molecule has 2 aliphatic heterocycles. The van der Waals surface area contributed by atoms with Gasteiger partial charge in [0.25, 0.3) is 12.3 Å². The molecule has 2 aromatic carbocycles. The number of aromatic nitrogens is 2. The molecule has 0 bridgehead atoms. The second kappa shape index (κ2) is 13.6. The number of hydrogen-bond donors (Lipinski definition) is 1. The van der Waals surface area contributed by atoms with Crippen LogP contribution in [0.1, 0.15) is 69.3 Å². The molecular formula is C34H44F3N5O4. The zero-order valence-corrected chi connectivity index (χ0v) is 27.4. The Bertz CT molecular complexity index is 1560. The smallest absolute Gasteiger partial charge is 0.407 e. The maximum atomic E-state index is 14.5. The molecule has 1 N–H and O–H groups in total. The molecule has 3 heterocycles. The minimum Gasteiger partial charge on any atom is -0.444 e. The highest BCUT2D eigenvalue weighted by atomic mass is 19.3. The van der Waals surface area contributed by atoms with Crippen molar-refractivity contribution in [3.05, 3.63) is 53.5 Å². The number of alkyl carbamates (subject to hydrolysis) is 1. The molecule has 2 aliphatic rings. The molecule has 46 heavy (non-hydrogen) atoms. The highest BCUT2D eigenvalue weighted by molar-refractivity contribution is 6.05. The van der Waals surface area contributed by atoms with Gasteiger partial charge < -0.3 is 19.7 Å². The number of hydrogen-bond acceptors (Lipinski definition) is 6. The first-order valence-electron chi connectivity index (χ1n) is 15.9. The number of ether oxygens (including phenoxy) is 2. The van der Waals surface area contributed by atoms with Crippen LogP contribution in [0.25, 0.3) is 22.0 Å². The molecule has 0 saturated carbocycles. The van der Waals surface area contributed by atoms with E-state index >= 15 is 0 Å². The number of halogens is 3. The van der Waals surface area contributed by atoms with Gasteiger partial charge in [-0.3, -0.25) is 14.4 Å². The van der Waals surface area contributed by atoms with Gasteiger partial charge in [0, 0.05) is 44.0 Å². The predicted molar refractivity (Wildman–Crippen MR) is 170 cm³/mol. The largest absolute Gasteiger partial charge is 0.444 e. The van der Waals surface area contributed by atoms with Crippen LogP contribution in [0.15, 0.2) is 36.5 Å². The van der Waals surface area contributed by atoms with E-state index in [0.717, 1.165) is 59.9 Å². The second-order valence-electron chi connectivity index (χ2n) is 13.7. The summed E-state index contributed by atoms with van der Waals surface area (Å²) in [6.07, 6.45) is 0.269. The lowest BCUT2D eigenvalue weighted by Crippen LogP contribution is -2.51. The van der Waals surface area contributed by atoms with Crippen LogP contribution in [0, 0.1) is 5.82 Å². The number of amides is 2. The van der Waals surface area contributed by atoms with Crippen molar-refractivity contribution in [1.29, 1.82) is 0 Å². The number of benzene rings is 2. The molecule has 0 unspecified atom stereocenters. The van der Waals surface area contributed by atoms with Crippen molar-refractivity contribution in [2.24, 2.45) is 7.05 Å². The predicted octanol–water partition coefficient (Wildman–Crippen LogP) is 5.97. The third kappa shape index (κ3) is 7.83. The summed E-state index contributed by atoms with van der Waals surface area (Å²) in [6.45, 7) is 10.9. The Hall–Kier alpha value is -3.64. The van der Waals surface area contributed by atoms with Crippen LogP contribution < -0.4 is 5.32 Å². The fourth-order valence-electron chi connectivity index (χ4n) is 6.24. The van der Waals surface area contributed by atoms with Crippen molar-refractivity contribution < 1.29 is 32.2 Å². The van der Waals surface area contributed by atoms with Gasteiger partial charge in [-0.25, -0.2) is 18.0 Å². The lowest BCUT2D eigenvalue weighted by molar-refractivity contribution is -0.0358. The monoisotopic (exact) mass is 643 g/mol.